The monoisotopic (exact) mass is 441 g/mol. The number of anilines is 1. The number of aryl methyl sites for hydroxylation is 2. The Morgan fingerprint density at radius 2 is 1.77 bits per heavy atom. The molecule has 0 spiro atoms. The van der Waals surface area contributed by atoms with E-state index in [4.69, 9.17) is 14.7 Å². The third kappa shape index (κ3) is 3.77. The summed E-state index contributed by atoms with van der Waals surface area (Å²) >= 11 is 1.83. The van der Waals surface area contributed by atoms with E-state index in [2.05, 4.69) is 28.5 Å². The van der Waals surface area contributed by atoms with Crippen molar-refractivity contribution in [3.63, 3.8) is 0 Å². The van der Waals surface area contributed by atoms with Crippen molar-refractivity contribution in [2.45, 2.75) is 52.1 Å². The fourth-order valence-electron chi connectivity index (χ4n) is 6.45. The maximum Gasteiger partial charge on any atom is 0.146 e. The van der Waals surface area contributed by atoms with E-state index >= 15 is 0 Å². The van der Waals surface area contributed by atoms with Crippen molar-refractivity contribution < 1.29 is 4.74 Å². The Bertz CT molecular complexity index is 947. The van der Waals surface area contributed by atoms with Crippen LogP contribution in [0.2, 0.25) is 0 Å². The fraction of sp³-hybridized carbons (Fsp3) is 0.750. The van der Waals surface area contributed by atoms with Gasteiger partial charge in [0.05, 0.1) is 25.1 Å². The predicted octanol–water partition coefficient (Wildman–Crippen LogP) is 3.45. The zero-order valence-corrected chi connectivity index (χ0v) is 19.8. The summed E-state index contributed by atoms with van der Waals surface area (Å²) in [6.45, 7) is 13.4. The summed E-state index contributed by atoms with van der Waals surface area (Å²) in [4.78, 5) is 20.5. The van der Waals surface area contributed by atoms with E-state index in [1.54, 1.807) is 0 Å². The molecule has 4 heterocycles. The fourth-order valence-corrected chi connectivity index (χ4v) is 7.50. The maximum absolute atomic E-state index is 5.52. The Kier molecular flexibility index (Phi) is 5.41. The number of hydrogen-bond acceptors (Lipinski definition) is 7. The van der Waals surface area contributed by atoms with E-state index in [1.807, 2.05) is 11.3 Å². The van der Waals surface area contributed by atoms with Crippen molar-refractivity contribution in [3.05, 3.63) is 16.3 Å². The molecule has 6 nitrogen and oxygen atoms in total. The lowest BCUT2D eigenvalue weighted by Gasteiger charge is -2.41. The van der Waals surface area contributed by atoms with Gasteiger partial charge in [-0.2, -0.15) is 0 Å². The van der Waals surface area contributed by atoms with Gasteiger partial charge in [-0.15, -0.1) is 11.3 Å². The minimum atomic E-state index is 0.817. The number of aromatic nitrogens is 2. The van der Waals surface area contributed by atoms with Crippen LogP contribution in [0.15, 0.2) is 0 Å². The van der Waals surface area contributed by atoms with E-state index in [-0.39, 0.29) is 0 Å². The molecule has 2 aliphatic carbocycles. The molecule has 2 aromatic rings. The first kappa shape index (κ1) is 20.3. The molecule has 0 N–H and O–H groups in total. The molecule has 2 bridgehead atoms. The second kappa shape index (κ2) is 8.25. The normalized spacial score (nSPS) is 30.0. The van der Waals surface area contributed by atoms with E-state index < -0.39 is 0 Å². The van der Waals surface area contributed by atoms with Crippen molar-refractivity contribution in [1.82, 2.24) is 19.8 Å². The van der Waals surface area contributed by atoms with Gasteiger partial charge in [0, 0.05) is 50.2 Å². The summed E-state index contributed by atoms with van der Waals surface area (Å²) in [6.07, 6.45) is 5.91. The third-order valence-corrected chi connectivity index (χ3v) is 9.41. The molecule has 0 amide bonds. The first-order chi connectivity index (χ1) is 15.2. The number of rotatable bonds is 4. The summed E-state index contributed by atoms with van der Waals surface area (Å²) in [7, 11) is 0. The van der Waals surface area contributed by atoms with Crippen LogP contribution in [-0.4, -0.2) is 78.3 Å². The highest BCUT2D eigenvalue weighted by atomic mass is 32.1. The number of morpholine rings is 1. The number of nitrogens with zero attached hydrogens (tertiary/aromatic N) is 5. The van der Waals surface area contributed by atoms with Gasteiger partial charge >= 0.3 is 0 Å². The molecule has 0 radical (unpaired) electrons. The lowest BCUT2D eigenvalue weighted by atomic mass is 9.93. The predicted molar refractivity (Wildman–Crippen MR) is 126 cm³/mol. The number of ether oxygens (including phenoxy) is 1. The van der Waals surface area contributed by atoms with Gasteiger partial charge in [-0.1, -0.05) is 6.42 Å². The van der Waals surface area contributed by atoms with Crippen molar-refractivity contribution in [3.8, 4) is 0 Å². The third-order valence-electron chi connectivity index (χ3n) is 8.31. The number of thiophene rings is 1. The van der Waals surface area contributed by atoms with Crippen molar-refractivity contribution in [1.29, 1.82) is 0 Å². The average Bonchev–Trinajstić information content (AvgIpc) is 3.50. The topological polar surface area (TPSA) is 44.7 Å². The first-order valence-electron chi connectivity index (χ1n) is 12.2. The number of hydrogen-bond donors (Lipinski definition) is 0. The molecule has 31 heavy (non-hydrogen) atoms. The van der Waals surface area contributed by atoms with E-state index in [0.29, 0.717) is 0 Å². The molecule has 2 saturated carbocycles. The van der Waals surface area contributed by atoms with Crippen LogP contribution >= 0.6 is 11.3 Å². The Hall–Kier alpha value is -1.28. The van der Waals surface area contributed by atoms with Gasteiger partial charge in [0.15, 0.2) is 0 Å². The molecule has 2 aromatic heterocycles. The smallest absolute Gasteiger partial charge is 0.146 e. The van der Waals surface area contributed by atoms with Crippen LogP contribution in [0.25, 0.3) is 10.2 Å². The van der Waals surface area contributed by atoms with Crippen LogP contribution in [0.3, 0.4) is 0 Å². The van der Waals surface area contributed by atoms with Crippen LogP contribution in [0.4, 0.5) is 5.82 Å². The zero-order valence-electron chi connectivity index (χ0n) is 19.0. The molecule has 3 atom stereocenters. The zero-order chi connectivity index (χ0) is 20.9. The minimum Gasteiger partial charge on any atom is -0.379 e. The second-order valence-electron chi connectivity index (χ2n) is 10.1. The SMILES string of the molecule is Cc1sc2nc(CN3CCOCC3)nc(N3CCN(C4CC5CCC4C5)CC3)c2c1C. The summed E-state index contributed by atoms with van der Waals surface area (Å²) < 4.78 is 5.52. The summed E-state index contributed by atoms with van der Waals surface area (Å²) in [5.41, 5.74) is 1.36. The molecule has 0 aromatic carbocycles. The van der Waals surface area contributed by atoms with Crippen LogP contribution in [0, 0.1) is 25.7 Å². The van der Waals surface area contributed by atoms with Crippen molar-refractivity contribution >= 4 is 27.4 Å². The van der Waals surface area contributed by atoms with Crippen molar-refractivity contribution in [2.24, 2.45) is 11.8 Å². The lowest BCUT2D eigenvalue weighted by molar-refractivity contribution is 0.0331. The number of piperazine rings is 1. The lowest BCUT2D eigenvalue weighted by Crippen LogP contribution is -2.52. The highest BCUT2D eigenvalue weighted by Gasteiger charge is 2.42. The molecule has 6 rings (SSSR count). The van der Waals surface area contributed by atoms with E-state index in [9.17, 15) is 0 Å². The molecule has 7 heteroatoms. The molecule has 3 unspecified atom stereocenters. The summed E-state index contributed by atoms with van der Waals surface area (Å²) in [5, 5.41) is 1.29. The van der Waals surface area contributed by atoms with Crippen LogP contribution < -0.4 is 4.90 Å². The van der Waals surface area contributed by atoms with Gasteiger partial charge in [0.2, 0.25) is 0 Å². The van der Waals surface area contributed by atoms with Gasteiger partial charge < -0.3 is 9.64 Å². The molecule has 4 fully saturated rings. The Labute approximate surface area is 189 Å². The van der Waals surface area contributed by atoms with Gasteiger partial charge in [-0.25, -0.2) is 9.97 Å². The van der Waals surface area contributed by atoms with Crippen molar-refractivity contribution in [2.75, 3.05) is 57.4 Å². The average molecular weight is 442 g/mol. The van der Waals surface area contributed by atoms with Gasteiger partial charge in [-0.05, 0) is 50.5 Å². The van der Waals surface area contributed by atoms with Crippen LogP contribution in [0.1, 0.15) is 41.9 Å². The molecule has 4 aliphatic rings. The van der Waals surface area contributed by atoms with Crippen LogP contribution in [0.5, 0.6) is 0 Å². The minimum absolute atomic E-state index is 0.817. The maximum atomic E-state index is 5.52. The number of fused-ring (bicyclic) bond motifs is 3. The Morgan fingerprint density at radius 1 is 0.968 bits per heavy atom. The molecular weight excluding hydrogens is 406 g/mol. The first-order valence-corrected chi connectivity index (χ1v) is 13.0. The Balaban J connectivity index is 1.24. The largest absolute Gasteiger partial charge is 0.379 e. The van der Waals surface area contributed by atoms with Gasteiger partial charge in [0.1, 0.15) is 16.5 Å². The summed E-state index contributed by atoms with van der Waals surface area (Å²) in [6, 6.07) is 0.855. The molecule has 2 aliphatic heterocycles. The standard InChI is InChI=1S/C24H35N5OS/c1-16-17(2)31-24-22(16)23(25-21(26-24)15-27-9-11-30-12-10-27)29-7-5-28(6-8-29)20-14-18-3-4-19(20)13-18/h18-20H,3-15H2,1-2H3. The second-order valence-corrected chi connectivity index (χ2v) is 11.3. The highest BCUT2D eigenvalue weighted by molar-refractivity contribution is 7.18. The molecule has 168 valence electrons. The molecule has 2 saturated heterocycles. The summed E-state index contributed by atoms with van der Waals surface area (Å²) in [5.74, 6) is 4.15. The quantitative estimate of drug-likeness (QED) is 0.724. The van der Waals surface area contributed by atoms with Gasteiger partial charge in [-0.3, -0.25) is 9.80 Å². The van der Waals surface area contributed by atoms with E-state index in [1.165, 1.54) is 65.2 Å². The van der Waals surface area contributed by atoms with Crippen LogP contribution in [-0.2, 0) is 11.3 Å². The van der Waals surface area contributed by atoms with Gasteiger partial charge in [0.25, 0.3) is 0 Å². The van der Waals surface area contributed by atoms with E-state index in [0.717, 1.165) is 69.6 Å². The molecular formula is C24H35N5OS. The Morgan fingerprint density at radius 3 is 2.48 bits per heavy atom. The highest BCUT2D eigenvalue weighted by Crippen LogP contribution is 2.47.